The van der Waals surface area contributed by atoms with Crippen LogP contribution in [0.5, 0.6) is 5.75 Å². The van der Waals surface area contributed by atoms with Crippen molar-refractivity contribution in [2.45, 2.75) is 13.6 Å². The molecule has 0 aliphatic heterocycles. The van der Waals surface area contributed by atoms with Crippen LogP contribution in [0.4, 0.5) is 4.39 Å². The Kier molecular flexibility index (Phi) is 1.90. The van der Waals surface area contributed by atoms with Crippen LogP contribution in [-0.2, 0) is 6.67 Å². The molecule has 0 radical (unpaired) electrons. The van der Waals surface area contributed by atoms with Gasteiger partial charge in [0.1, 0.15) is 12.4 Å². The number of hydrogen-bond donors (Lipinski definition) is 1. The fourth-order valence-corrected chi connectivity index (χ4v) is 0.738. The van der Waals surface area contributed by atoms with Gasteiger partial charge >= 0.3 is 0 Å². The summed E-state index contributed by atoms with van der Waals surface area (Å²) in [5, 5.41) is 9.06. The van der Waals surface area contributed by atoms with Crippen molar-refractivity contribution in [2.75, 3.05) is 0 Å². The van der Waals surface area contributed by atoms with E-state index in [4.69, 9.17) is 5.11 Å². The first-order valence-electron chi connectivity index (χ1n) is 3.08. The molecule has 0 unspecified atom stereocenters. The van der Waals surface area contributed by atoms with Crippen molar-refractivity contribution in [2.24, 2.45) is 0 Å². The molecule has 1 N–H and O–H groups in total. The van der Waals surface area contributed by atoms with Crippen molar-refractivity contribution in [1.29, 1.82) is 0 Å². The average molecular weight is 140 g/mol. The number of rotatable bonds is 1. The summed E-state index contributed by atoms with van der Waals surface area (Å²) in [4.78, 5) is 0. The Morgan fingerprint density at radius 3 is 2.70 bits per heavy atom. The molecule has 10 heavy (non-hydrogen) atoms. The second-order valence-electron chi connectivity index (χ2n) is 2.25. The molecule has 1 rings (SSSR count). The standard InChI is InChI=1S/C8H9FO/c1-6-2-3-7(5-9)4-8(6)10/h2-4,10H,5H2,1H3. The highest BCUT2D eigenvalue weighted by Crippen LogP contribution is 2.17. The number of alkyl halides is 1. The predicted octanol–water partition coefficient (Wildman–Crippen LogP) is 2.17. The van der Waals surface area contributed by atoms with Gasteiger partial charge in [-0.15, -0.1) is 0 Å². The lowest BCUT2D eigenvalue weighted by atomic mass is 10.1. The topological polar surface area (TPSA) is 20.2 Å². The molecule has 0 aliphatic carbocycles. The smallest absolute Gasteiger partial charge is 0.118 e. The molecule has 0 atom stereocenters. The number of aryl methyl sites for hydroxylation is 1. The zero-order valence-corrected chi connectivity index (χ0v) is 5.76. The number of phenolic OH excluding ortho intramolecular Hbond substituents is 1. The van der Waals surface area contributed by atoms with Gasteiger partial charge in [0.2, 0.25) is 0 Å². The quantitative estimate of drug-likeness (QED) is 0.633. The molecule has 0 saturated carbocycles. The second kappa shape index (κ2) is 2.69. The van der Waals surface area contributed by atoms with Crippen LogP contribution in [0.25, 0.3) is 0 Å². The van der Waals surface area contributed by atoms with Crippen LogP contribution in [0.1, 0.15) is 11.1 Å². The van der Waals surface area contributed by atoms with Crippen LogP contribution < -0.4 is 0 Å². The zero-order chi connectivity index (χ0) is 7.56. The Hall–Kier alpha value is -1.05. The van der Waals surface area contributed by atoms with Gasteiger partial charge < -0.3 is 5.11 Å². The minimum absolute atomic E-state index is 0.162. The Morgan fingerprint density at radius 1 is 1.50 bits per heavy atom. The molecule has 0 bridgehead atoms. The third-order valence-corrected chi connectivity index (χ3v) is 1.43. The molecule has 1 aromatic rings. The fourth-order valence-electron chi connectivity index (χ4n) is 0.738. The van der Waals surface area contributed by atoms with Crippen LogP contribution >= 0.6 is 0 Å². The van der Waals surface area contributed by atoms with E-state index in [1.807, 2.05) is 0 Å². The molecule has 0 amide bonds. The van der Waals surface area contributed by atoms with Gasteiger partial charge in [-0.25, -0.2) is 4.39 Å². The zero-order valence-electron chi connectivity index (χ0n) is 5.76. The maximum Gasteiger partial charge on any atom is 0.118 e. The predicted molar refractivity (Wildman–Crippen MR) is 37.7 cm³/mol. The van der Waals surface area contributed by atoms with E-state index in [-0.39, 0.29) is 5.75 Å². The molecular weight excluding hydrogens is 131 g/mol. The van der Waals surface area contributed by atoms with E-state index in [9.17, 15) is 4.39 Å². The fraction of sp³-hybridized carbons (Fsp3) is 0.250. The third-order valence-electron chi connectivity index (χ3n) is 1.43. The summed E-state index contributed by atoms with van der Waals surface area (Å²) in [6, 6.07) is 4.80. The summed E-state index contributed by atoms with van der Waals surface area (Å²) < 4.78 is 11.9. The minimum atomic E-state index is -0.520. The molecule has 0 saturated heterocycles. The van der Waals surface area contributed by atoms with Gasteiger partial charge in [-0.3, -0.25) is 0 Å². The molecule has 0 fully saturated rings. The van der Waals surface area contributed by atoms with Gasteiger partial charge in [-0.1, -0.05) is 12.1 Å². The molecule has 0 spiro atoms. The Balaban J connectivity index is 3.04. The Labute approximate surface area is 59.1 Å². The maximum absolute atomic E-state index is 11.9. The first kappa shape index (κ1) is 7.06. The molecular formula is C8H9FO. The van der Waals surface area contributed by atoms with Crippen molar-refractivity contribution in [1.82, 2.24) is 0 Å². The van der Waals surface area contributed by atoms with E-state index >= 15 is 0 Å². The SMILES string of the molecule is Cc1ccc(CF)cc1O. The lowest BCUT2D eigenvalue weighted by Crippen LogP contribution is -1.79. The van der Waals surface area contributed by atoms with E-state index in [0.29, 0.717) is 5.56 Å². The normalized spacial score (nSPS) is 9.80. The van der Waals surface area contributed by atoms with E-state index in [2.05, 4.69) is 0 Å². The van der Waals surface area contributed by atoms with E-state index < -0.39 is 6.67 Å². The Bertz CT molecular complexity index is 233. The largest absolute Gasteiger partial charge is 0.508 e. The summed E-state index contributed by atoms with van der Waals surface area (Å²) in [7, 11) is 0. The summed E-state index contributed by atoms with van der Waals surface area (Å²) in [5.41, 5.74) is 1.29. The highest BCUT2D eigenvalue weighted by Gasteiger charge is 1.96. The summed E-state index contributed by atoms with van der Waals surface area (Å²) in [5.74, 6) is 0.162. The van der Waals surface area contributed by atoms with Crippen LogP contribution in [-0.4, -0.2) is 5.11 Å². The number of phenols is 1. The number of hydrogen-bond acceptors (Lipinski definition) is 1. The van der Waals surface area contributed by atoms with Gasteiger partial charge in [0.25, 0.3) is 0 Å². The summed E-state index contributed by atoms with van der Waals surface area (Å²) in [6.07, 6.45) is 0. The first-order chi connectivity index (χ1) is 4.74. The Morgan fingerprint density at radius 2 is 2.20 bits per heavy atom. The first-order valence-corrected chi connectivity index (χ1v) is 3.08. The molecule has 0 aliphatic rings. The number of aromatic hydroxyl groups is 1. The number of benzene rings is 1. The summed E-state index contributed by atoms with van der Waals surface area (Å²) in [6.45, 7) is 1.26. The number of halogens is 1. The molecule has 0 heterocycles. The van der Waals surface area contributed by atoms with Crippen molar-refractivity contribution in [3.63, 3.8) is 0 Å². The lowest BCUT2D eigenvalue weighted by Gasteiger charge is -1.98. The lowest BCUT2D eigenvalue weighted by molar-refractivity contribution is 0.460. The van der Waals surface area contributed by atoms with Crippen molar-refractivity contribution in [3.05, 3.63) is 29.3 Å². The van der Waals surface area contributed by atoms with Crippen molar-refractivity contribution < 1.29 is 9.50 Å². The van der Waals surface area contributed by atoms with Crippen LogP contribution in [0, 0.1) is 6.92 Å². The highest BCUT2D eigenvalue weighted by molar-refractivity contribution is 5.34. The average Bonchev–Trinajstić information content (AvgIpc) is 1.95. The van der Waals surface area contributed by atoms with Gasteiger partial charge in [0, 0.05) is 0 Å². The molecule has 54 valence electrons. The van der Waals surface area contributed by atoms with E-state index in [1.54, 1.807) is 19.1 Å². The highest BCUT2D eigenvalue weighted by atomic mass is 19.1. The monoisotopic (exact) mass is 140 g/mol. The van der Waals surface area contributed by atoms with Gasteiger partial charge in [0.15, 0.2) is 0 Å². The van der Waals surface area contributed by atoms with Gasteiger partial charge in [0.05, 0.1) is 0 Å². The second-order valence-corrected chi connectivity index (χ2v) is 2.25. The summed E-state index contributed by atoms with van der Waals surface area (Å²) >= 11 is 0. The van der Waals surface area contributed by atoms with Gasteiger partial charge in [-0.05, 0) is 24.1 Å². The molecule has 1 nitrogen and oxygen atoms in total. The van der Waals surface area contributed by atoms with Crippen LogP contribution in [0.3, 0.4) is 0 Å². The maximum atomic E-state index is 11.9. The third kappa shape index (κ3) is 1.26. The minimum Gasteiger partial charge on any atom is -0.508 e. The molecule has 1 aromatic carbocycles. The van der Waals surface area contributed by atoms with Gasteiger partial charge in [-0.2, -0.15) is 0 Å². The van der Waals surface area contributed by atoms with Crippen LogP contribution in [0.2, 0.25) is 0 Å². The van der Waals surface area contributed by atoms with Crippen molar-refractivity contribution in [3.8, 4) is 5.75 Å². The van der Waals surface area contributed by atoms with Crippen molar-refractivity contribution >= 4 is 0 Å². The molecule has 0 aromatic heterocycles. The van der Waals surface area contributed by atoms with E-state index in [1.165, 1.54) is 6.07 Å². The molecule has 2 heteroatoms. The van der Waals surface area contributed by atoms with Crippen LogP contribution in [0.15, 0.2) is 18.2 Å². The van der Waals surface area contributed by atoms with E-state index in [0.717, 1.165) is 5.56 Å².